The van der Waals surface area contributed by atoms with Crippen molar-refractivity contribution in [3.05, 3.63) is 59.7 Å². The molecule has 0 spiro atoms. The minimum Gasteiger partial charge on any atom is -0.497 e. The molecule has 0 radical (unpaired) electrons. The summed E-state index contributed by atoms with van der Waals surface area (Å²) in [6.45, 7) is 1.88. The number of nitriles is 1. The number of urea groups is 1. The minimum absolute atomic E-state index is 0.161. The number of nitrogens with zero attached hydrogens (tertiary/aromatic N) is 1. The van der Waals surface area contributed by atoms with Gasteiger partial charge in [-0.15, -0.1) is 0 Å². The molecular formula is C17H17N3O2. The van der Waals surface area contributed by atoms with E-state index >= 15 is 0 Å². The van der Waals surface area contributed by atoms with Gasteiger partial charge in [0.15, 0.2) is 0 Å². The highest BCUT2D eigenvalue weighted by molar-refractivity contribution is 5.89. The Bertz CT molecular complexity index is 673. The van der Waals surface area contributed by atoms with E-state index < -0.39 is 0 Å². The first-order valence-electron chi connectivity index (χ1n) is 6.84. The van der Waals surface area contributed by atoms with Crippen LogP contribution in [-0.4, -0.2) is 13.1 Å². The van der Waals surface area contributed by atoms with Gasteiger partial charge < -0.3 is 15.4 Å². The number of hydrogen-bond acceptors (Lipinski definition) is 3. The summed E-state index contributed by atoms with van der Waals surface area (Å²) in [5.74, 6) is 0.733. The molecule has 2 rings (SSSR count). The topological polar surface area (TPSA) is 74.2 Å². The lowest BCUT2D eigenvalue weighted by molar-refractivity contribution is 0.249. The maximum atomic E-state index is 12.0. The molecule has 0 heterocycles. The standard InChI is InChI=1S/C17H17N3O2/c1-12(14-5-3-13(11-18)4-6-14)19-17(21)20-15-7-9-16(22-2)10-8-15/h3-10,12H,1-2H3,(H2,19,20,21). The van der Waals surface area contributed by atoms with Gasteiger partial charge in [0, 0.05) is 5.69 Å². The van der Waals surface area contributed by atoms with Gasteiger partial charge in [0.2, 0.25) is 0 Å². The van der Waals surface area contributed by atoms with Gasteiger partial charge in [-0.25, -0.2) is 4.79 Å². The highest BCUT2D eigenvalue weighted by Crippen LogP contribution is 2.16. The van der Waals surface area contributed by atoms with Crippen LogP contribution in [0.2, 0.25) is 0 Å². The van der Waals surface area contributed by atoms with Gasteiger partial charge in [0.1, 0.15) is 5.75 Å². The molecule has 0 aliphatic carbocycles. The van der Waals surface area contributed by atoms with Crippen LogP contribution in [0.5, 0.6) is 5.75 Å². The third-order valence-electron chi connectivity index (χ3n) is 3.24. The smallest absolute Gasteiger partial charge is 0.319 e. The van der Waals surface area contributed by atoms with Crippen LogP contribution in [0.1, 0.15) is 24.1 Å². The van der Waals surface area contributed by atoms with Gasteiger partial charge in [-0.1, -0.05) is 12.1 Å². The Morgan fingerprint density at radius 1 is 1.14 bits per heavy atom. The highest BCUT2D eigenvalue weighted by Gasteiger charge is 2.09. The van der Waals surface area contributed by atoms with E-state index in [1.54, 1.807) is 43.5 Å². The average molecular weight is 295 g/mol. The first kappa shape index (κ1) is 15.4. The van der Waals surface area contributed by atoms with Gasteiger partial charge in [-0.05, 0) is 48.9 Å². The second-order valence-electron chi connectivity index (χ2n) is 4.78. The molecule has 112 valence electrons. The fraction of sp³-hybridized carbons (Fsp3) is 0.176. The lowest BCUT2D eigenvalue weighted by atomic mass is 10.1. The fourth-order valence-electron chi connectivity index (χ4n) is 1.97. The summed E-state index contributed by atoms with van der Waals surface area (Å²) < 4.78 is 5.06. The van der Waals surface area contributed by atoms with E-state index in [1.165, 1.54) is 0 Å². The van der Waals surface area contributed by atoms with Crippen LogP contribution < -0.4 is 15.4 Å². The summed E-state index contributed by atoms with van der Waals surface area (Å²) in [5.41, 5.74) is 2.22. The molecule has 2 N–H and O–H groups in total. The maximum absolute atomic E-state index is 12.0. The van der Waals surface area contributed by atoms with E-state index in [2.05, 4.69) is 16.7 Å². The number of carbonyl (C=O) groups is 1. The number of benzene rings is 2. The third-order valence-corrected chi connectivity index (χ3v) is 3.24. The van der Waals surface area contributed by atoms with Crippen LogP contribution in [0.4, 0.5) is 10.5 Å². The number of ether oxygens (including phenoxy) is 1. The zero-order valence-corrected chi connectivity index (χ0v) is 12.5. The Balaban J connectivity index is 1.93. The van der Waals surface area contributed by atoms with Crippen molar-refractivity contribution < 1.29 is 9.53 Å². The summed E-state index contributed by atoms with van der Waals surface area (Å²) in [5, 5.41) is 14.4. The number of carbonyl (C=O) groups excluding carboxylic acids is 1. The predicted molar refractivity (Wildman–Crippen MR) is 84.7 cm³/mol. The molecule has 0 aliphatic heterocycles. The average Bonchev–Trinajstić information content (AvgIpc) is 2.55. The zero-order chi connectivity index (χ0) is 15.9. The van der Waals surface area contributed by atoms with E-state index in [0.29, 0.717) is 11.3 Å². The molecule has 2 aromatic carbocycles. The summed E-state index contributed by atoms with van der Waals surface area (Å²) >= 11 is 0. The Hall–Kier alpha value is -3.00. The van der Waals surface area contributed by atoms with Crippen molar-refractivity contribution in [2.24, 2.45) is 0 Å². The number of methoxy groups -OCH3 is 1. The molecule has 1 unspecified atom stereocenters. The molecular weight excluding hydrogens is 278 g/mol. The van der Waals surface area contributed by atoms with Crippen LogP contribution in [0.15, 0.2) is 48.5 Å². The normalized spacial score (nSPS) is 11.1. The number of amides is 2. The van der Waals surface area contributed by atoms with E-state index in [1.807, 2.05) is 19.1 Å². The van der Waals surface area contributed by atoms with Crippen LogP contribution in [-0.2, 0) is 0 Å². The molecule has 1 atom stereocenters. The molecule has 2 aromatic rings. The molecule has 5 heteroatoms. The summed E-state index contributed by atoms with van der Waals surface area (Å²) in [6, 6.07) is 15.8. The molecule has 22 heavy (non-hydrogen) atoms. The van der Waals surface area contributed by atoms with Crippen molar-refractivity contribution in [3.8, 4) is 11.8 Å². The molecule has 2 amide bonds. The Morgan fingerprint density at radius 3 is 2.32 bits per heavy atom. The predicted octanol–water partition coefficient (Wildman–Crippen LogP) is 3.45. The molecule has 0 fully saturated rings. The lowest BCUT2D eigenvalue weighted by Gasteiger charge is -2.15. The van der Waals surface area contributed by atoms with E-state index in [4.69, 9.17) is 10.00 Å². The van der Waals surface area contributed by atoms with Gasteiger partial charge in [0.25, 0.3) is 0 Å². The third kappa shape index (κ3) is 4.00. The summed E-state index contributed by atoms with van der Waals surface area (Å²) in [6.07, 6.45) is 0. The zero-order valence-electron chi connectivity index (χ0n) is 12.5. The monoisotopic (exact) mass is 295 g/mol. The maximum Gasteiger partial charge on any atom is 0.319 e. The number of hydrogen-bond donors (Lipinski definition) is 2. The molecule has 0 saturated heterocycles. The Morgan fingerprint density at radius 2 is 1.77 bits per heavy atom. The largest absolute Gasteiger partial charge is 0.497 e. The first-order chi connectivity index (χ1) is 10.6. The van der Waals surface area contributed by atoms with Crippen molar-refractivity contribution >= 4 is 11.7 Å². The van der Waals surface area contributed by atoms with Gasteiger partial charge in [-0.3, -0.25) is 0 Å². The fourth-order valence-corrected chi connectivity index (χ4v) is 1.97. The van der Waals surface area contributed by atoms with Crippen LogP contribution in [0, 0.1) is 11.3 Å². The van der Waals surface area contributed by atoms with Crippen molar-refractivity contribution in [2.75, 3.05) is 12.4 Å². The lowest BCUT2D eigenvalue weighted by Crippen LogP contribution is -2.31. The van der Waals surface area contributed by atoms with E-state index in [0.717, 1.165) is 11.3 Å². The molecule has 5 nitrogen and oxygen atoms in total. The second kappa shape index (κ2) is 7.14. The first-order valence-corrected chi connectivity index (χ1v) is 6.84. The summed E-state index contributed by atoms with van der Waals surface area (Å²) in [7, 11) is 1.59. The number of rotatable bonds is 4. The van der Waals surface area contributed by atoms with Crippen LogP contribution >= 0.6 is 0 Å². The minimum atomic E-state index is -0.290. The second-order valence-corrected chi connectivity index (χ2v) is 4.78. The van der Waals surface area contributed by atoms with Crippen molar-refractivity contribution in [1.82, 2.24) is 5.32 Å². The molecule has 0 bridgehead atoms. The van der Waals surface area contributed by atoms with Crippen molar-refractivity contribution in [2.45, 2.75) is 13.0 Å². The molecule has 0 saturated carbocycles. The SMILES string of the molecule is COc1ccc(NC(=O)NC(C)c2ccc(C#N)cc2)cc1. The van der Waals surface area contributed by atoms with Gasteiger partial charge >= 0.3 is 6.03 Å². The number of anilines is 1. The van der Waals surface area contributed by atoms with Crippen LogP contribution in [0.25, 0.3) is 0 Å². The number of nitrogens with one attached hydrogen (secondary N) is 2. The van der Waals surface area contributed by atoms with E-state index in [-0.39, 0.29) is 12.1 Å². The summed E-state index contributed by atoms with van der Waals surface area (Å²) in [4.78, 5) is 12.0. The van der Waals surface area contributed by atoms with Crippen molar-refractivity contribution in [1.29, 1.82) is 5.26 Å². The van der Waals surface area contributed by atoms with Gasteiger partial charge in [-0.2, -0.15) is 5.26 Å². The molecule has 0 aliphatic rings. The van der Waals surface area contributed by atoms with E-state index in [9.17, 15) is 4.79 Å². The quantitative estimate of drug-likeness (QED) is 0.907. The Kier molecular flexibility index (Phi) is 4.99. The van der Waals surface area contributed by atoms with Gasteiger partial charge in [0.05, 0.1) is 24.8 Å². The van der Waals surface area contributed by atoms with Crippen LogP contribution in [0.3, 0.4) is 0 Å². The molecule has 0 aromatic heterocycles. The Labute approximate surface area is 129 Å². The van der Waals surface area contributed by atoms with Crippen molar-refractivity contribution in [3.63, 3.8) is 0 Å². The highest BCUT2D eigenvalue weighted by atomic mass is 16.5.